The van der Waals surface area contributed by atoms with Crippen LogP contribution in [-0.2, 0) is 4.74 Å². The first-order chi connectivity index (χ1) is 7.14. The van der Waals surface area contributed by atoms with Crippen molar-refractivity contribution in [2.75, 3.05) is 6.61 Å². The Morgan fingerprint density at radius 1 is 1.25 bits per heavy atom. The van der Waals surface area contributed by atoms with E-state index in [4.69, 9.17) is 10.6 Å². The Morgan fingerprint density at radius 3 is 2.19 bits per heavy atom. The molecule has 3 N–H and O–H groups in total. The van der Waals surface area contributed by atoms with E-state index in [1.165, 1.54) is 0 Å². The van der Waals surface area contributed by atoms with Crippen LogP contribution in [-0.4, -0.2) is 24.4 Å². The van der Waals surface area contributed by atoms with Crippen molar-refractivity contribution in [3.05, 3.63) is 0 Å². The Kier molecular flexibility index (Phi) is 6.28. The second-order valence-electron chi connectivity index (χ2n) is 4.79. The summed E-state index contributed by atoms with van der Waals surface area (Å²) in [5.74, 6) is 5.24. The van der Waals surface area contributed by atoms with Gasteiger partial charge in [0.25, 0.3) is 0 Å². The van der Waals surface area contributed by atoms with Gasteiger partial charge in [0.15, 0.2) is 0 Å². The van der Waals surface area contributed by atoms with E-state index in [1.807, 2.05) is 20.8 Å². The highest BCUT2D eigenvalue weighted by Crippen LogP contribution is 2.22. The number of rotatable bonds is 6. The Hall–Kier alpha value is -0.330. The van der Waals surface area contributed by atoms with Crippen LogP contribution in [0.15, 0.2) is 0 Å². The molecule has 6 heteroatoms. The minimum atomic E-state index is -4.09. The Bertz CT molecular complexity index is 189. The summed E-state index contributed by atoms with van der Waals surface area (Å²) in [6.07, 6.45) is -4.46. The first-order valence-electron chi connectivity index (χ1n) is 5.31. The molecule has 0 radical (unpaired) electrons. The van der Waals surface area contributed by atoms with Crippen LogP contribution in [0.25, 0.3) is 0 Å². The number of halogens is 3. The van der Waals surface area contributed by atoms with E-state index in [0.717, 1.165) is 0 Å². The summed E-state index contributed by atoms with van der Waals surface area (Å²) in [5, 5.41) is 0. The third kappa shape index (κ3) is 10.2. The third-order valence-corrected chi connectivity index (χ3v) is 1.97. The summed E-state index contributed by atoms with van der Waals surface area (Å²) in [5.41, 5.74) is 2.16. The van der Waals surface area contributed by atoms with Gasteiger partial charge in [0.05, 0.1) is 12.2 Å². The number of alkyl halides is 3. The standard InChI is InChI=1S/C10H21F3N2O/c1-9(2,3)16-7-8(15-14)5-4-6-10(11,12)13/h8,15H,4-7,14H2,1-3H3. The van der Waals surface area contributed by atoms with Crippen molar-refractivity contribution < 1.29 is 17.9 Å². The molecule has 0 rings (SSSR count). The van der Waals surface area contributed by atoms with E-state index in [0.29, 0.717) is 13.0 Å². The van der Waals surface area contributed by atoms with Gasteiger partial charge in [-0.05, 0) is 33.6 Å². The van der Waals surface area contributed by atoms with Crippen LogP contribution >= 0.6 is 0 Å². The minimum absolute atomic E-state index is 0.0614. The molecule has 0 spiro atoms. The maximum absolute atomic E-state index is 11.9. The van der Waals surface area contributed by atoms with Gasteiger partial charge in [-0.25, -0.2) is 0 Å². The lowest BCUT2D eigenvalue weighted by molar-refractivity contribution is -0.136. The molecule has 0 aromatic carbocycles. The summed E-state index contributed by atoms with van der Waals surface area (Å²) in [6, 6.07) is -0.235. The van der Waals surface area contributed by atoms with Gasteiger partial charge in [-0.3, -0.25) is 11.3 Å². The van der Waals surface area contributed by atoms with Gasteiger partial charge in [-0.2, -0.15) is 13.2 Å². The van der Waals surface area contributed by atoms with E-state index in [2.05, 4.69) is 5.43 Å². The van der Waals surface area contributed by atoms with Crippen LogP contribution in [0, 0.1) is 0 Å². The number of hydrazine groups is 1. The van der Waals surface area contributed by atoms with Crippen molar-refractivity contribution in [1.82, 2.24) is 5.43 Å². The van der Waals surface area contributed by atoms with E-state index in [9.17, 15) is 13.2 Å². The molecular weight excluding hydrogens is 221 g/mol. The van der Waals surface area contributed by atoms with Crippen LogP contribution in [0.5, 0.6) is 0 Å². The fourth-order valence-corrected chi connectivity index (χ4v) is 1.11. The van der Waals surface area contributed by atoms with Crippen molar-refractivity contribution in [3.63, 3.8) is 0 Å². The van der Waals surface area contributed by atoms with Gasteiger partial charge >= 0.3 is 6.18 Å². The molecule has 0 heterocycles. The predicted molar refractivity (Wildman–Crippen MR) is 56.7 cm³/mol. The molecular formula is C10H21F3N2O. The third-order valence-electron chi connectivity index (χ3n) is 1.97. The summed E-state index contributed by atoms with van der Waals surface area (Å²) in [4.78, 5) is 0. The van der Waals surface area contributed by atoms with Crippen LogP contribution in [0.4, 0.5) is 13.2 Å². The van der Waals surface area contributed by atoms with E-state index < -0.39 is 12.6 Å². The SMILES string of the molecule is CC(C)(C)OCC(CCCC(F)(F)F)NN. The fraction of sp³-hybridized carbons (Fsp3) is 1.00. The van der Waals surface area contributed by atoms with Crippen LogP contribution in [0.1, 0.15) is 40.0 Å². The molecule has 3 nitrogen and oxygen atoms in total. The minimum Gasteiger partial charge on any atom is -0.374 e. The number of nitrogens with two attached hydrogens (primary N) is 1. The zero-order valence-corrected chi connectivity index (χ0v) is 10.0. The molecule has 0 saturated carbocycles. The highest BCUT2D eigenvalue weighted by Gasteiger charge is 2.26. The van der Waals surface area contributed by atoms with Gasteiger partial charge in [0, 0.05) is 12.5 Å². The zero-order chi connectivity index (χ0) is 12.8. The van der Waals surface area contributed by atoms with Crippen LogP contribution in [0.3, 0.4) is 0 Å². The first kappa shape index (κ1) is 15.7. The molecule has 98 valence electrons. The van der Waals surface area contributed by atoms with Gasteiger partial charge < -0.3 is 4.74 Å². The summed E-state index contributed by atoms with van der Waals surface area (Å²) in [7, 11) is 0. The smallest absolute Gasteiger partial charge is 0.374 e. The molecule has 16 heavy (non-hydrogen) atoms. The molecule has 0 aliphatic heterocycles. The highest BCUT2D eigenvalue weighted by atomic mass is 19.4. The fourth-order valence-electron chi connectivity index (χ4n) is 1.11. The molecule has 1 atom stereocenters. The average molecular weight is 242 g/mol. The molecule has 0 fully saturated rings. The average Bonchev–Trinajstić information content (AvgIpc) is 2.07. The summed E-state index contributed by atoms with van der Waals surface area (Å²) < 4.78 is 41.1. The van der Waals surface area contributed by atoms with Crippen molar-refractivity contribution in [3.8, 4) is 0 Å². The quantitative estimate of drug-likeness (QED) is 0.555. The van der Waals surface area contributed by atoms with Crippen molar-refractivity contribution >= 4 is 0 Å². The van der Waals surface area contributed by atoms with E-state index in [1.54, 1.807) is 0 Å². The lowest BCUT2D eigenvalue weighted by Gasteiger charge is -2.24. The van der Waals surface area contributed by atoms with Gasteiger partial charge in [0.1, 0.15) is 0 Å². The molecule has 0 aliphatic rings. The number of hydrogen-bond donors (Lipinski definition) is 2. The molecule has 0 saturated heterocycles. The topological polar surface area (TPSA) is 47.3 Å². The van der Waals surface area contributed by atoms with Crippen LogP contribution < -0.4 is 11.3 Å². The summed E-state index contributed by atoms with van der Waals surface area (Å²) >= 11 is 0. The van der Waals surface area contributed by atoms with E-state index in [-0.39, 0.29) is 18.1 Å². The monoisotopic (exact) mass is 242 g/mol. The molecule has 0 aromatic heterocycles. The van der Waals surface area contributed by atoms with Crippen molar-refractivity contribution in [2.24, 2.45) is 5.84 Å². The second kappa shape index (κ2) is 6.42. The number of ether oxygens (including phenoxy) is 1. The Morgan fingerprint density at radius 2 is 1.81 bits per heavy atom. The Balaban J connectivity index is 3.76. The number of hydrogen-bond acceptors (Lipinski definition) is 3. The first-order valence-corrected chi connectivity index (χ1v) is 5.31. The zero-order valence-electron chi connectivity index (χ0n) is 10.0. The maximum atomic E-state index is 11.9. The van der Waals surface area contributed by atoms with Crippen molar-refractivity contribution in [1.29, 1.82) is 0 Å². The highest BCUT2D eigenvalue weighted by molar-refractivity contribution is 4.67. The summed E-state index contributed by atoms with van der Waals surface area (Å²) in [6.45, 7) is 5.97. The van der Waals surface area contributed by atoms with Gasteiger partial charge in [0.2, 0.25) is 0 Å². The molecule has 0 bridgehead atoms. The van der Waals surface area contributed by atoms with Gasteiger partial charge in [-0.15, -0.1) is 0 Å². The predicted octanol–water partition coefficient (Wildman–Crippen LogP) is 2.37. The Labute approximate surface area is 94.5 Å². The second-order valence-corrected chi connectivity index (χ2v) is 4.79. The molecule has 0 aliphatic carbocycles. The van der Waals surface area contributed by atoms with Crippen molar-refractivity contribution in [2.45, 2.75) is 57.9 Å². The molecule has 1 unspecified atom stereocenters. The largest absolute Gasteiger partial charge is 0.389 e. The number of nitrogens with one attached hydrogen (secondary N) is 1. The normalized spacial score (nSPS) is 15.2. The lowest BCUT2D eigenvalue weighted by Crippen LogP contribution is -2.40. The van der Waals surface area contributed by atoms with Gasteiger partial charge in [-0.1, -0.05) is 0 Å². The lowest BCUT2D eigenvalue weighted by atomic mass is 10.1. The molecule has 0 amide bonds. The van der Waals surface area contributed by atoms with Crippen LogP contribution in [0.2, 0.25) is 0 Å². The van der Waals surface area contributed by atoms with E-state index >= 15 is 0 Å². The maximum Gasteiger partial charge on any atom is 0.389 e. The molecule has 0 aromatic rings.